The smallest absolute Gasteiger partial charge is 0.0456 e. The minimum Gasteiger partial charge on any atom is -0.312 e. The summed E-state index contributed by atoms with van der Waals surface area (Å²) in [6, 6.07) is 11.7. The molecule has 1 aromatic carbocycles. The molecule has 1 heterocycles. The van der Waals surface area contributed by atoms with E-state index in [2.05, 4.69) is 61.9 Å². The molecule has 19 heavy (non-hydrogen) atoms. The van der Waals surface area contributed by atoms with Crippen molar-refractivity contribution in [3.63, 3.8) is 0 Å². The molecular weight excluding hydrogens is 250 g/mol. The van der Waals surface area contributed by atoms with Crippen molar-refractivity contribution >= 4 is 11.3 Å². The Morgan fingerprint density at radius 3 is 2.26 bits per heavy atom. The van der Waals surface area contributed by atoms with E-state index in [0.29, 0.717) is 6.04 Å². The van der Waals surface area contributed by atoms with E-state index in [0.717, 1.165) is 19.3 Å². The first-order valence-corrected chi connectivity index (χ1v) is 7.97. The molecule has 102 valence electrons. The van der Waals surface area contributed by atoms with Crippen LogP contribution in [0.2, 0.25) is 0 Å². The summed E-state index contributed by atoms with van der Waals surface area (Å²) in [5.41, 5.74) is 4.30. The number of aryl methyl sites for hydroxylation is 2. The highest BCUT2D eigenvalue weighted by molar-refractivity contribution is 7.10. The van der Waals surface area contributed by atoms with Gasteiger partial charge in [0.2, 0.25) is 0 Å². The van der Waals surface area contributed by atoms with E-state index in [9.17, 15) is 0 Å². The van der Waals surface area contributed by atoms with Gasteiger partial charge < -0.3 is 5.32 Å². The van der Waals surface area contributed by atoms with Gasteiger partial charge in [-0.25, -0.2) is 0 Å². The molecule has 1 nitrogen and oxygen atoms in total. The Morgan fingerprint density at radius 1 is 1.00 bits per heavy atom. The van der Waals surface area contributed by atoms with Crippen LogP contribution in [0.15, 0.2) is 35.7 Å². The summed E-state index contributed by atoms with van der Waals surface area (Å²) in [5.74, 6) is 0. The van der Waals surface area contributed by atoms with Crippen LogP contribution in [0.4, 0.5) is 0 Å². The Morgan fingerprint density at radius 2 is 1.68 bits per heavy atom. The SMILES string of the molecule is CCc1ccc(CC(NC)c2sccc2CC)cc1. The van der Waals surface area contributed by atoms with Gasteiger partial charge in [0.1, 0.15) is 0 Å². The fourth-order valence-corrected chi connectivity index (χ4v) is 3.53. The molecule has 0 amide bonds. The molecule has 0 saturated heterocycles. The lowest BCUT2D eigenvalue weighted by molar-refractivity contribution is 0.597. The van der Waals surface area contributed by atoms with Crippen LogP contribution in [0.5, 0.6) is 0 Å². The van der Waals surface area contributed by atoms with Crippen molar-refractivity contribution in [2.75, 3.05) is 7.05 Å². The van der Waals surface area contributed by atoms with Gasteiger partial charge in [0.25, 0.3) is 0 Å². The average Bonchev–Trinajstić information content (AvgIpc) is 2.93. The first kappa shape index (κ1) is 14.3. The fourth-order valence-electron chi connectivity index (χ4n) is 2.42. The highest BCUT2D eigenvalue weighted by Crippen LogP contribution is 2.27. The molecule has 0 aliphatic heterocycles. The summed E-state index contributed by atoms with van der Waals surface area (Å²) in [4.78, 5) is 1.49. The first-order chi connectivity index (χ1) is 9.28. The van der Waals surface area contributed by atoms with Crippen molar-refractivity contribution in [2.45, 2.75) is 39.2 Å². The Kier molecular flexibility index (Phi) is 5.17. The maximum absolute atomic E-state index is 3.47. The lowest BCUT2D eigenvalue weighted by Crippen LogP contribution is -2.18. The predicted molar refractivity (Wildman–Crippen MR) is 85.0 cm³/mol. The van der Waals surface area contributed by atoms with Crippen molar-refractivity contribution in [3.05, 3.63) is 57.3 Å². The van der Waals surface area contributed by atoms with Crippen LogP contribution >= 0.6 is 11.3 Å². The summed E-state index contributed by atoms with van der Waals surface area (Å²) < 4.78 is 0. The highest BCUT2D eigenvalue weighted by Gasteiger charge is 2.14. The fraction of sp³-hybridized carbons (Fsp3) is 0.412. The third-order valence-electron chi connectivity index (χ3n) is 3.70. The number of thiophene rings is 1. The second-order valence-electron chi connectivity index (χ2n) is 4.88. The molecule has 1 N–H and O–H groups in total. The van der Waals surface area contributed by atoms with Crippen LogP contribution < -0.4 is 5.32 Å². The molecule has 0 spiro atoms. The van der Waals surface area contributed by atoms with Crippen molar-refractivity contribution in [1.82, 2.24) is 5.32 Å². The molecule has 0 aliphatic carbocycles. The predicted octanol–water partition coefficient (Wildman–Crippen LogP) is 4.38. The standard InChI is InChI=1S/C17H23NS/c1-4-13-6-8-14(9-7-13)12-16(18-3)17-15(5-2)10-11-19-17/h6-11,16,18H,4-5,12H2,1-3H3. The van der Waals surface area contributed by atoms with Crippen LogP contribution in [0, 0.1) is 0 Å². The molecule has 2 rings (SSSR count). The lowest BCUT2D eigenvalue weighted by Gasteiger charge is -2.17. The zero-order chi connectivity index (χ0) is 13.7. The molecule has 2 aromatic rings. The maximum atomic E-state index is 3.47. The van der Waals surface area contributed by atoms with Gasteiger partial charge in [-0.3, -0.25) is 0 Å². The summed E-state index contributed by atoms with van der Waals surface area (Å²) in [6.45, 7) is 4.43. The monoisotopic (exact) mass is 273 g/mol. The normalized spacial score (nSPS) is 12.6. The van der Waals surface area contributed by atoms with E-state index in [4.69, 9.17) is 0 Å². The summed E-state index contributed by atoms with van der Waals surface area (Å²) in [6.07, 6.45) is 3.29. The van der Waals surface area contributed by atoms with E-state index in [1.54, 1.807) is 0 Å². The highest BCUT2D eigenvalue weighted by atomic mass is 32.1. The Hall–Kier alpha value is -1.12. The van der Waals surface area contributed by atoms with Crippen molar-refractivity contribution in [3.8, 4) is 0 Å². The number of hydrogen-bond acceptors (Lipinski definition) is 2. The van der Waals surface area contributed by atoms with Gasteiger partial charge in [0.05, 0.1) is 0 Å². The minimum atomic E-state index is 0.433. The zero-order valence-corrected chi connectivity index (χ0v) is 12.9. The van der Waals surface area contributed by atoms with Gasteiger partial charge in [-0.05, 0) is 54.4 Å². The molecule has 1 unspecified atom stereocenters. The largest absolute Gasteiger partial charge is 0.312 e. The molecule has 0 saturated carbocycles. The summed E-state index contributed by atoms with van der Waals surface area (Å²) >= 11 is 1.87. The van der Waals surface area contributed by atoms with Gasteiger partial charge in [-0.1, -0.05) is 38.1 Å². The van der Waals surface area contributed by atoms with E-state index in [1.807, 2.05) is 11.3 Å². The Bertz CT molecular complexity index is 498. The Labute approximate surface area is 120 Å². The van der Waals surface area contributed by atoms with Gasteiger partial charge >= 0.3 is 0 Å². The number of hydrogen-bond donors (Lipinski definition) is 1. The van der Waals surface area contributed by atoms with E-state index in [1.165, 1.54) is 21.6 Å². The second-order valence-corrected chi connectivity index (χ2v) is 5.83. The third-order valence-corrected chi connectivity index (χ3v) is 4.77. The number of rotatable bonds is 6. The number of nitrogens with one attached hydrogen (secondary N) is 1. The van der Waals surface area contributed by atoms with Gasteiger partial charge in [0.15, 0.2) is 0 Å². The molecule has 0 fully saturated rings. The quantitative estimate of drug-likeness (QED) is 0.824. The first-order valence-electron chi connectivity index (χ1n) is 7.09. The van der Waals surface area contributed by atoms with Gasteiger partial charge in [-0.2, -0.15) is 0 Å². The van der Waals surface area contributed by atoms with Crippen LogP contribution in [-0.4, -0.2) is 7.05 Å². The van der Waals surface area contributed by atoms with Gasteiger partial charge in [-0.15, -0.1) is 11.3 Å². The molecule has 1 aromatic heterocycles. The molecular formula is C17H23NS. The van der Waals surface area contributed by atoms with Crippen LogP contribution in [0.3, 0.4) is 0 Å². The zero-order valence-electron chi connectivity index (χ0n) is 12.1. The molecule has 0 aliphatic rings. The van der Waals surface area contributed by atoms with E-state index < -0.39 is 0 Å². The maximum Gasteiger partial charge on any atom is 0.0456 e. The van der Waals surface area contributed by atoms with Gasteiger partial charge in [0, 0.05) is 10.9 Å². The number of likely N-dealkylation sites (N-methyl/N-ethyl adjacent to an activating group) is 1. The van der Waals surface area contributed by atoms with Crippen molar-refractivity contribution in [1.29, 1.82) is 0 Å². The van der Waals surface area contributed by atoms with Crippen LogP contribution in [-0.2, 0) is 19.3 Å². The Balaban J connectivity index is 2.14. The lowest BCUT2D eigenvalue weighted by atomic mass is 10.00. The number of benzene rings is 1. The summed E-state index contributed by atoms with van der Waals surface area (Å²) in [7, 11) is 2.06. The summed E-state index contributed by atoms with van der Waals surface area (Å²) in [5, 5.41) is 5.67. The van der Waals surface area contributed by atoms with Crippen molar-refractivity contribution in [2.24, 2.45) is 0 Å². The third kappa shape index (κ3) is 3.46. The molecule has 1 atom stereocenters. The average molecular weight is 273 g/mol. The van der Waals surface area contributed by atoms with Crippen LogP contribution in [0.1, 0.15) is 41.5 Å². The second kappa shape index (κ2) is 6.88. The molecule has 0 radical (unpaired) electrons. The minimum absolute atomic E-state index is 0.433. The molecule has 0 bridgehead atoms. The van der Waals surface area contributed by atoms with E-state index in [-0.39, 0.29) is 0 Å². The van der Waals surface area contributed by atoms with E-state index >= 15 is 0 Å². The van der Waals surface area contributed by atoms with Crippen molar-refractivity contribution < 1.29 is 0 Å². The van der Waals surface area contributed by atoms with Crippen LogP contribution in [0.25, 0.3) is 0 Å². The topological polar surface area (TPSA) is 12.0 Å². The molecule has 2 heteroatoms.